The molecule has 0 atom stereocenters. The van der Waals surface area contributed by atoms with Gasteiger partial charge in [-0.2, -0.15) is 0 Å². The first-order valence-electron chi connectivity index (χ1n) is 6.88. The van der Waals surface area contributed by atoms with Crippen LogP contribution in [0.15, 0.2) is 41.6 Å². The van der Waals surface area contributed by atoms with Crippen LogP contribution >= 0.6 is 23.1 Å². The van der Waals surface area contributed by atoms with Gasteiger partial charge in [-0.05, 0) is 31.5 Å². The van der Waals surface area contributed by atoms with Crippen LogP contribution in [0, 0.1) is 13.8 Å². The van der Waals surface area contributed by atoms with Crippen LogP contribution in [0.4, 0.5) is 5.82 Å². The first kappa shape index (κ1) is 14.4. The molecule has 0 unspecified atom stereocenters. The van der Waals surface area contributed by atoms with E-state index in [1.54, 1.807) is 17.7 Å². The SMILES string of the molecule is Cc1sc2ncnc(NCCSc3ccccc3)c2c1C. The first-order chi connectivity index (χ1) is 10.3. The van der Waals surface area contributed by atoms with Gasteiger partial charge in [-0.15, -0.1) is 23.1 Å². The van der Waals surface area contributed by atoms with Gasteiger partial charge in [0.05, 0.1) is 5.39 Å². The summed E-state index contributed by atoms with van der Waals surface area (Å²) in [6.45, 7) is 5.16. The van der Waals surface area contributed by atoms with Gasteiger partial charge in [0, 0.05) is 22.1 Å². The van der Waals surface area contributed by atoms with E-state index in [0.29, 0.717) is 0 Å². The van der Waals surface area contributed by atoms with Gasteiger partial charge in [0.15, 0.2) is 0 Å². The van der Waals surface area contributed by atoms with E-state index in [1.807, 2.05) is 17.8 Å². The molecule has 0 aliphatic heterocycles. The van der Waals surface area contributed by atoms with Crippen molar-refractivity contribution in [2.24, 2.45) is 0 Å². The van der Waals surface area contributed by atoms with Gasteiger partial charge in [-0.1, -0.05) is 18.2 Å². The third-order valence-corrected chi connectivity index (χ3v) is 5.50. The zero-order chi connectivity index (χ0) is 14.7. The molecule has 0 fully saturated rings. The van der Waals surface area contributed by atoms with Gasteiger partial charge in [0.1, 0.15) is 17.0 Å². The summed E-state index contributed by atoms with van der Waals surface area (Å²) in [5.41, 5.74) is 1.29. The fourth-order valence-electron chi connectivity index (χ4n) is 2.17. The molecule has 0 amide bonds. The minimum Gasteiger partial charge on any atom is -0.369 e. The van der Waals surface area contributed by atoms with E-state index in [-0.39, 0.29) is 0 Å². The van der Waals surface area contributed by atoms with Gasteiger partial charge in [-0.3, -0.25) is 0 Å². The number of aromatic nitrogens is 2. The van der Waals surface area contributed by atoms with Crippen LogP contribution in [0.25, 0.3) is 10.2 Å². The van der Waals surface area contributed by atoms with Crippen molar-refractivity contribution in [3.63, 3.8) is 0 Å². The van der Waals surface area contributed by atoms with Crippen LogP contribution in [0.2, 0.25) is 0 Å². The molecule has 0 aliphatic rings. The third kappa shape index (κ3) is 3.19. The Hall–Kier alpha value is -1.59. The number of hydrogen-bond acceptors (Lipinski definition) is 5. The maximum absolute atomic E-state index is 4.40. The molecule has 0 aliphatic carbocycles. The summed E-state index contributed by atoms with van der Waals surface area (Å²) >= 11 is 3.58. The fourth-order valence-corrected chi connectivity index (χ4v) is 3.96. The van der Waals surface area contributed by atoms with E-state index < -0.39 is 0 Å². The van der Waals surface area contributed by atoms with Crippen molar-refractivity contribution in [3.05, 3.63) is 47.1 Å². The molecule has 0 spiro atoms. The fraction of sp³-hybridized carbons (Fsp3) is 0.250. The summed E-state index contributed by atoms with van der Waals surface area (Å²) in [6.07, 6.45) is 1.64. The van der Waals surface area contributed by atoms with Crippen molar-refractivity contribution in [2.45, 2.75) is 18.7 Å². The Labute approximate surface area is 132 Å². The molecule has 0 saturated heterocycles. The number of aryl methyl sites for hydroxylation is 2. The lowest BCUT2D eigenvalue weighted by atomic mass is 10.2. The van der Waals surface area contributed by atoms with Gasteiger partial charge in [0.2, 0.25) is 0 Å². The molecular weight excluding hydrogens is 298 g/mol. The number of fused-ring (bicyclic) bond motifs is 1. The van der Waals surface area contributed by atoms with E-state index in [4.69, 9.17) is 0 Å². The second-order valence-electron chi connectivity index (χ2n) is 4.77. The topological polar surface area (TPSA) is 37.8 Å². The molecule has 2 heterocycles. The Balaban J connectivity index is 1.66. The lowest BCUT2D eigenvalue weighted by Crippen LogP contribution is -2.06. The van der Waals surface area contributed by atoms with Crippen LogP contribution in [0.5, 0.6) is 0 Å². The van der Waals surface area contributed by atoms with Crippen molar-refractivity contribution >= 4 is 39.1 Å². The van der Waals surface area contributed by atoms with Crippen molar-refractivity contribution in [1.82, 2.24) is 9.97 Å². The van der Waals surface area contributed by atoms with Gasteiger partial charge >= 0.3 is 0 Å². The molecule has 3 nitrogen and oxygen atoms in total. The highest BCUT2D eigenvalue weighted by molar-refractivity contribution is 7.99. The molecular formula is C16H17N3S2. The number of thiophene rings is 1. The largest absolute Gasteiger partial charge is 0.369 e. The van der Waals surface area contributed by atoms with Gasteiger partial charge in [-0.25, -0.2) is 9.97 Å². The number of benzene rings is 1. The highest BCUT2D eigenvalue weighted by Gasteiger charge is 2.11. The monoisotopic (exact) mass is 315 g/mol. The minimum absolute atomic E-state index is 0.889. The van der Waals surface area contributed by atoms with Crippen LogP contribution < -0.4 is 5.32 Å². The Morgan fingerprint density at radius 1 is 1.14 bits per heavy atom. The lowest BCUT2D eigenvalue weighted by molar-refractivity contribution is 1.15. The summed E-state index contributed by atoms with van der Waals surface area (Å²) in [5, 5.41) is 4.62. The van der Waals surface area contributed by atoms with Crippen molar-refractivity contribution in [3.8, 4) is 0 Å². The Morgan fingerprint density at radius 2 is 1.95 bits per heavy atom. The molecule has 2 aromatic heterocycles. The van der Waals surface area contributed by atoms with Crippen molar-refractivity contribution < 1.29 is 0 Å². The molecule has 0 bridgehead atoms. The number of hydrogen-bond donors (Lipinski definition) is 1. The Morgan fingerprint density at radius 3 is 2.76 bits per heavy atom. The third-order valence-electron chi connectivity index (χ3n) is 3.37. The van der Waals surface area contributed by atoms with Crippen LogP contribution in [0.1, 0.15) is 10.4 Å². The second kappa shape index (κ2) is 6.45. The average molecular weight is 315 g/mol. The van der Waals surface area contributed by atoms with E-state index in [1.165, 1.54) is 20.7 Å². The molecule has 3 aromatic rings. The number of anilines is 1. The molecule has 1 N–H and O–H groups in total. The number of thioether (sulfide) groups is 1. The molecule has 5 heteroatoms. The predicted molar refractivity (Wildman–Crippen MR) is 92.5 cm³/mol. The molecule has 0 saturated carbocycles. The van der Waals surface area contributed by atoms with Crippen molar-refractivity contribution in [2.75, 3.05) is 17.6 Å². The highest BCUT2D eigenvalue weighted by Crippen LogP contribution is 2.32. The average Bonchev–Trinajstić information content (AvgIpc) is 2.80. The summed E-state index contributed by atoms with van der Waals surface area (Å²) in [4.78, 5) is 12.4. The normalized spacial score (nSPS) is 11.0. The smallest absolute Gasteiger partial charge is 0.138 e. The summed E-state index contributed by atoms with van der Waals surface area (Å²) < 4.78 is 0. The van der Waals surface area contributed by atoms with Gasteiger partial charge in [0.25, 0.3) is 0 Å². The van der Waals surface area contributed by atoms with Crippen LogP contribution in [-0.2, 0) is 0 Å². The summed E-state index contributed by atoms with van der Waals surface area (Å²) in [6, 6.07) is 10.5. The number of nitrogens with one attached hydrogen (secondary N) is 1. The first-order valence-corrected chi connectivity index (χ1v) is 8.68. The minimum atomic E-state index is 0.889. The van der Waals surface area contributed by atoms with E-state index in [0.717, 1.165) is 22.9 Å². The molecule has 108 valence electrons. The summed E-state index contributed by atoms with van der Waals surface area (Å²) in [7, 11) is 0. The number of nitrogens with zero attached hydrogens (tertiary/aromatic N) is 2. The van der Waals surface area contributed by atoms with E-state index in [2.05, 4.69) is 53.4 Å². The zero-order valence-electron chi connectivity index (χ0n) is 12.1. The molecule has 1 aromatic carbocycles. The zero-order valence-corrected chi connectivity index (χ0v) is 13.7. The predicted octanol–water partition coefficient (Wildman–Crippen LogP) is 4.51. The lowest BCUT2D eigenvalue weighted by Gasteiger charge is -2.07. The van der Waals surface area contributed by atoms with E-state index in [9.17, 15) is 0 Å². The second-order valence-corrected chi connectivity index (χ2v) is 7.15. The highest BCUT2D eigenvalue weighted by atomic mass is 32.2. The molecule has 3 rings (SSSR count). The maximum atomic E-state index is 4.40. The maximum Gasteiger partial charge on any atom is 0.138 e. The Kier molecular flexibility index (Phi) is 4.41. The quantitative estimate of drug-likeness (QED) is 0.555. The Bertz CT molecular complexity index is 738. The van der Waals surface area contributed by atoms with Crippen molar-refractivity contribution in [1.29, 1.82) is 0 Å². The van der Waals surface area contributed by atoms with Crippen LogP contribution in [-0.4, -0.2) is 22.3 Å². The van der Waals surface area contributed by atoms with Crippen LogP contribution in [0.3, 0.4) is 0 Å². The summed E-state index contributed by atoms with van der Waals surface area (Å²) in [5.74, 6) is 1.97. The van der Waals surface area contributed by atoms with Gasteiger partial charge < -0.3 is 5.32 Å². The number of rotatable bonds is 5. The molecule has 21 heavy (non-hydrogen) atoms. The van der Waals surface area contributed by atoms with E-state index >= 15 is 0 Å². The standard InChI is InChI=1S/C16H17N3S2/c1-11-12(2)21-16-14(11)15(18-10-19-16)17-8-9-20-13-6-4-3-5-7-13/h3-7,10H,8-9H2,1-2H3,(H,17,18,19). The molecule has 0 radical (unpaired) electrons.